The minimum absolute atomic E-state index is 0.640. The molecule has 0 amide bonds. The van der Waals surface area contributed by atoms with Gasteiger partial charge in [-0.3, -0.25) is 0 Å². The molecule has 2 N–H and O–H groups in total. The summed E-state index contributed by atoms with van der Waals surface area (Å²) in [6.07, 6.45) is 7.60. The van der Waals surface area contributed by atoms with E-state index in [9.17, 15) is 0 Å². The molecule has 0 saturated carbocycles. The SMILES string of the molecule is c1cc(-c2nc(CC3CCCN3)cs2)c[nH]1. The Labute approximate surface area is 98.9 Å². The highest BCUT2D eigenvalue weighted by Crippen LogP contribution is 2.24. The third-order valence-electron chi connectivity index (χ3n) is 3.01. The molecule has 3 nitrogen and oxygen atoms in total. The third-order valence-corrected chi connectivity index (χ3v) is 3.95. The average Bonchev–Trinajstić information content (AvgIpc) is 2.99. The van der Waals surface area contributed by atoms with E-state index >= 15 is 0 Å². The van der Waals surface area contributed by atoms with E-state index in [4.69, 9.17) is 0 Å². The lowest BCUT2D eigenvalue weighted by molar-refractivity contribution is 0.597. The maximum Gasteiger partial charge on any atom is 0.125 e. The highest BCUT2D eigenvalue weighted by Gasteiger charge is 2.16. The molecule has 3 rings (SSSR count). The lowest BCUT2D eigenvalue weighted by Gasteiger charge is -2.06. The Bertz CT molecular complexity index is 441. The van der Waals surface area contributed by atoms with Crippen LogP contribution in [0.15, 0.2) is 23.8 Å². The standard InChI is InChI=1S/C12H15N3S/c1-2-10(14-4-1)6-11-8-16-12(15-11)9-3-5-13-7-9/h3,5,7-8,10,13-14H,1-2,4,6H2. The third kappa shape index (κ3) is 2.03. The van der Waals surface area contributed by atoms with Crippen LogP contribution in [-0.4, -0.2) is 22.6 Å². The molecular formula is C12H15N3S. The molecule has 1 fully saturated rings. The van der Waals surface area contributed by atoms with Gasteiger partial charge in [0.2, 0.25) is 0 Å². The lowest BCUT2D eigenvalue weighted by Crippen LogP contribution is -2.23. The molecule has 1 unspecified atom stereocenters. The summed E-state index contributed by atoms with van der Waals surface area (Å²) in [7, 11) is 0. The molecule has 1 aliphatic heterocycles. The Kier molecular flexibility index (Phi) is 2.76. The smallest absolute Gasteiger partial charge is 0.125 e. The van der Waals surface area contributed by atoms with Crippen LogP contribution in [0.4, 0.5) is 0 Å². The average molecular weight is 233 g/mol. The second-order valence-corrected chi connectivity index (χ2v) is 5.10. The second-order valence-electron chi connectivity index (χ2n) is 4.24. The van der Waals surface area contributed by atoms with Crippen LogP contribution < -0.4 is 5.32 Å². The van der Waals surface area contributed by atoms with Gasteiger partial charge in [0.05, 0.1) is 5.69 Å². The summed E-state index contributed by atoms with van der Waals surface area (Å²) in [5, 5.41) is 6.81. The summed E-state index contributed by atoms with van der Waals surface area (Å²) < 4.78 is 0. The number of hydrogen-bond donors (Lipinski definition) is 2. The van der Waals surface area contributed by atoms with Crippen molar-refractivity contribution in [3.05, 3.63) is 29.5 Å². The normalized spacial score (nSPS) is 20.4. The maximum absolute atomic E-state index is 4.67. The van der Waals surface area contributed by atoms with Crippen molar-refractivity contribution in [2.45, 2.75) is 25.3 Å². The largest absolute Gasteiger partial charge is 0.367 e. The summed E-state index contributed by atoms with van der Waals surface area (Å²) in [6.45, 7) is 1.17. The first-order chi connectivity index (χ1) is 7.92. The van der Waals surface area contributed by atoms with Gasteiger partial charge in [0.15, 0.2) is 0 Å². The van der Waals surface area contributed by atoms with Crippen LogP contribution in [0.5, 0.6) is 0 Å². The fourth-order valence-corrected chi connectivity index (χ4v) is 3.00. The van der Waals surface area contributed by atoms with Crippen molar-refractivity contribution in [2.75, 3.05) is 6.54 Å². The predicted octanol–water partition coefficient (Wildman–Crippen LogP) is 2.43. The van der Waals surface area contributed by atoms with E-state index in [1.54, 1.807) is 11.3 Å². The molecule has 1 atom stereocenters. The number of hydrogen-bond acceptors (Lipinski definition) is 3. The Morgan fingerprint density at radius 1 is 1.50 bits per heavy atom. The van der Waals surface area contributed by atoms with Gasteiger partial charge in [-0.1, -0.05) is 0 Å². The van der Waals surface area contributed by atoms with E-state index in [0.29, 0.717) is 6.04 Å². The molecule has 0 aliphatic carbocycles. The molecule has 16 heavy (non-hydrogen) atoms. The van der Waals surface area contributed by atoms with Crippen LogP contribution in [0.2, 0.25) is 0 Å². The van der Waals surface area contributed by atoms with Crippen LogP contribution in [0.1, 0.15) is 18.5 Å². The Hall–Kier alpha value is -1.13. The summed E-state index contributed by atoms with van der Waals surface area (Å²) in [5.74, 6) is 0. The van der Waals surface area contributed by atoms with Gasteiger partial charge in [-0.15, -0.1) is 11.3 Å². The molecular weight excluding hydrogens is 218 g/mol. The minimum atomic E-state index is 0.640. The molecule has 0 bridgehead atoms. The second kappa shape index (κ2) is 4.39. The molecule has 0 aromatic carbocycles. The quantitative estimate of drug-likeness (QED) is 0.855. The molecule has 2 aromatic rings. The molecule has 3 heterocycles. The van der Waals surface area contributed by atoms with Gasteiger partial charge in [-0.2, -0.15) is 0 Å². The van der Waals surface area contributed by atoms with E-state index in [1.807, 2.05) is 12.4 Å². The number of nitrogens with one attached hydrogen (secondary N) is 2. The Balaban J connectivity index is 1.72. The Morgan fingerprint density at radius 3 is 3.25 bits per heavy atom. The first kappa shape index (κ1) is 10.1. The number of aromatic amines is 1. The summed E-state index contributed by atoms with van der Waals surface area (Å²) in [6, 6.07) is 2.71. The highest BCUT2D eigenvalue weighted by molar-refractivity contribution is 7.13. The number of thiazole rings is 1. The van der Waals surface area contributed by atoms with Crippen molar-refractivity contribution < 1.29 is 0 Å². The van der Waals surface area contributed by atoms with E-state index in [1.165, 1.54) is 30.6 Å². The van der Waals surface area contributed by atoms with E-state index in [2.05, 4.69) is 26.7 Å². The fraction of sp³-hybridized carbons (Fsp3) is 0.417. The van der Waals surface area contributed by atoms with Gasteiger partial charge < -0.3 is 10.3 Å². The van der Waals surface area contributed by atoms with Gasteiger partial charge in [-0.05, 0) is 25.5 Å². The monoisotopic (exact) mass is 233 g/mol. The van der Waals surface area contributed by atoms with Gasteiger partial charge in [-0.25, -0.2) is 4.98 Å². The van der Waals surface area contributed by atoms with Gasteiger partial charge in [0, 0.05) is 35.8 Å². The van der Waals surface area contributed by atoms with Crippen LogP contribution in [0, 0.1) is 0 Å². The first-order valence-electron chi connectivity index (χ1n) is 5.73. The summed E-state index contributed by atoms with van der Waals surface area (Å²) in [4.78, 5) is 7.74. The predicted molar refractivity (Wildman–Crippen MR) is 66.6 cm³/mol. The van der Waals surface area contributed by atoms with Gasteiger partial charge in [0.25, 0.3) is 0 Å². The van der Waals surface area contributed by atoms with E-state index < -0.39 is 0 Å². The van der Waals surface area contributed by atoms with Crippen molar-refractivity contribution in [1.82, 2.24) is 15.3 Å². The summed E-state index contributed by atoms with van der Waals surface area (Å²) >= 11 is 1.73. The maximum atomic E-state index is 4.67. The molecule has 1 saturated heterocycles. The first-order valence-corrected chi connectivity index (χ1v) is 6.61. The number of rotatable bonds is 3. The topological polar surface area (TPSA) is 40.7 Å². The Morgan fingerprint density at radius 2 is 2.50 bits per heavy atom. The van der Waals surface area contributed by atoms with Crippen molar-refractivity contribution in [2.24, 2.45) is 0 Å². The van der Waals surface area contributed by atoms with E-state index in [0.717, 1.165) is 11.4 Å². The van der Waals surface area contributed by atoms with Crippen molar-refractivity contribution in [3.8, 4) is 10.6 Å². The number of aromatic nitrogens is 2. The molecule has 4 heteroatoms. The zero-order valence-electron chi connectivity index (χ0n) is 9.07. The summed E-state index contributed by atoms with van der Waals surface area (Å²) in [5.41, 5.74) is 2.41. The van der Waals surface area contributed by atoms with Crippen LogP contribution in [0.3, 0.4) is 0 Å². The zero-order chi connectivity index (χ0) is 10.8. The van der Waals surface area contributed by atoms with Crippen molar-refractivity contribution in [1.29, 1.82) is 0 Å². The van der Waals surface area contributed by atoms with Crippen molar-refractivity contribution >= 4 is 11.3 Å². The van der Waals surface area contributed by atoms with Crippen LogP contribution in [-0.2, 0) is 6.42 Å². The fourth-order valence-electron chi connectivity index (χ4n) is 2.17. The highest BCUT2D eigenvalue weighted by atomic mass is 32.1. The number of nitrogens with zero attached hydrogens (tertiary/aromatic N) is 1. The van der Waals surface area contributed by atoms with E-state index in [-0.39, 0.29) is 0 Å². The van der Waals surface area contributed by atoms with Crippen LogP contribution >= 0.6 is 11.3 Å². The zero-order valence-corrected chi connectivity index (χ0v) is 9.89. The lowest BCUT2D eigenvalue weighted by atomic mass is 10.1. The van der Waals surface area contributed by atoms with Crippen molar-refractivity contribution in [3.63, 3.8) is 0 Å². The minimum Gasteiger partial charge on any atom is -0.367 e. The number of H-pyrrole nitrogens is 1. The molecule has 0 radical (unpaired) electrons. The molecule has 2 aromatic heterocycles. The molecule has 1 aliphatic rings. The molecule has 0 spiro atoms. The van der Waals surface area contributed by atoms with Gasteiger partial charge in [0.1, 0.15) is 5.01 Å². The molecule has 84 valence electrons. The van der Waals surface area contributed by atoms with Gasteiger partial charge >= 0.3 is 0 Å². The van der Waals surface area contributed by atoms with Crippen LogP contribution in [0.25, 0.3) is 10.6 Å².